The Kier molecular flexibility index (Phi) is 5.91. The normalized spacial score (nSPS) is 19.8. The van der Waals surface area contributed by atoms with Crippen molar-refractivity contribution in [3.05, 3.63) is 35.6 Å². The Hall–Kier alpha value is -0.540. The molecule has 1 saturated carbocycles. The fourth-order valence-electron chi connectivity index (χ4n) is 3.08. The lowest BCUT2D eigenvalue weighted by Gasteiger charge is -2.37. The minimum atomic E-state index is -0.0848. The van der Waals surface area contributed by atoms with Gasteiger partial charge in [0.05, 0.1) is 0 Å². The Morgan fingerprint density at radius 1 is 1.25 bits per heavy atom. The molecule has 0 bridgehead atoms. The first-order valence-electron chi connectivity index (χ1n) is 7.67. The molecule has 3 heteroatoms. The van der Waals surface area contributed by atoms with Crippen molar-refractivity contribution in [3.8, 4) is 0 Å². The number of benzene rings is 1. The molecular weight excluding hydrogens is 269 g/mol. The van der Waals surface area contributed by atoms with Crippen molar-refractivity contribution < 1.29 is 4.39 Å². The topological polar surface area (TPSA) is 12.0 Å². The number of hydrogen-bond acceptors (Lipinski definition) is 2. The van der Waals surface area contributed by atoms with Crippen LogP contribution in [0.25, 0.3) is 0 Å². The van der Waals surface area contributed by atoms with E-state index in [1.54, 1.807) is 12.1 Å². The Morgan fingerprint density at radius 2 is 1.95 bits per heavy atom. The Labute approximate surface area is 126 Å². The SMILES string of the molecule is CSC1(CNC(C)Cc2ccccc2F)CCCCC1. The largest absolute Gasteiger partial charge is 0.313 e. The van der Waals surface area contributed by atoms with E-state index in [0.717, 1.165) is 18.5 Å². The van der Waals surface area contributed by atoms with Gasteiger partial charge >= 0.3 is 0 Å². The van der Waals surface area contributed by atoms with Crippen LogP contribution in [0.1, 0.15) is 44.6 Å². The standard InChI is InChI=1S/C17H26FNS/c1-14(12-15-8-4-5-9-16(15)18)19-13-17(20-2)10-6-3-7-11-17/h4-5,8-9,14,19H,3,6-7,10-13H2,1-2H3. The molecule has 1 aliphatic rings. The molecule has 1 atom stereocenters. The minimum absolute atomic E-state index is 0.0848. The van der Waals surface area contributed by atoms with Gasteiger partial charge in [-0.1, -0.05) is 37.5 Å². The van der Waals surface area contributed by atoms with Gasteiger partial charge in [0.2, 0.25) is 0 Å². The van der Waals surface area contributed by atoms with E-state index in [1.165, 1.54) is 32.1 Å². The zero-order chi connectivity index (χ0) is 14.4. The summed E-state index contributed by atoms with van der Waals surface area (Å²) in [4.78, 5) is 0. The molecule has 1 aromatic carbocycles. The molecule has 1 aromatic rings. The molecular formula is C17H26FNS. The van der Waals surface area contributed by atoms with E-state index < -0.39 is 0 Å². The summed E-state index contributed by atoms with van der Waals surface area (Å²) in [5.41, 5.74) is 0.814. The summed E-state index contributed by atoms with van der Waals surface area (Å²) in [7, 11) is 0. The first-order chi connectivity index (χ1) is 9.65. The van der Waals surface area contributed by atoms with Gasteiger partial charge in [0.15, 0.2) is 0 Å². The van der Waals surface area contributed by atoms with E-state index in [4.69, 9.17) is 0 Å². The molecule has 0 radical (unpaired) electrons. The van der Waals surface area contributed by atoms with Crippen molar-refractivity contribution in [1.82, 2.24) is 5.32 Å². The van der Waals surface area contributed by atoms with Gasteiger partial charge in [-0.3, -0.25) is 0 Å². The zero-order valence-corrected chi connectivity index (χ0v) is 13.4. The van der Waals surface area contributed by atoms with Gasteiger partial charge in [-0.05, 0) is 44.1 Å². The maximum absolute atomic E-state index is 13.7. The van der Waals surface area contributed by atoms with Crippen molar-refractivity contribution in [3.63, 3.8) is 0 Å². The highest BCUT2D eigenvalue weighted by atomic mass is 32.2. The number of hydrogen-bond donors (Lipinski definition) is 1. The number of rotatable bonds is 6. The summed E-state index contributed by atoms with van der Waals surface area (Å²) in [6.07, 6.45) is 9.70. The quantitative estimate of drug-likeness (QED) is 0.834. The summed E-state index contributed by atoms with van der Waals surface area (Å²) in [5, 5.41) is 3.63. The Bertz CT molecular complexity index is 415. The fourth-order valence-corrected chi connectivity index (χ4v) is 4.00. The predicted octanol–water partition coefficient (Wildman–Crippen LogP) is 4.41. The van der Waals surface area contributed by atoms with Gasteiger partial charge in [0.25, 0.3) is 0 Å². The maximum atomic E-state index is 13.7. The van der Waals surface area contributed by atoms with Crippen molar-refractivity contribution in [2.75, 3.05) is 12.8 Å². The number of thioether (sulfide) groups is 1. The monoisotopic (exact) mass is 295 g/mol. The molecule has 1 N–H and O–H groups in total. The van der Waals surface area contributed by atoms with Crippen LogP contribution in [0.4, 0.5) is 4.39 Å². The second-order valence-corrected chi connectivity index (χ2v) is 7.30. The number of halogens is 1. The van der Waals surface area contributed by atoms with Crippen molar-refractivity contribution in [2.45, 2.75) is 56.2 Å². The van der Waals surface area contributed by atoms with Crippen LogP contribution in [-0.2, 0) is 6.42 Å². The van der Waals surface area contributed by atoms with Crippen LogP contribution >= 0.6 is 11.8 Å². The highest BCUT2D eigenvalue weighted by Crippen LogP contribution is 2.38. The molecule has 1 fully saturated rings. The molecule has 2 rings (SSSR count). The number of nitrogens with one attached hydrogen (secondary N) is 1. The molecule has 0 amide bonds. The molecule has 1 unspecified atom stereocenters. The smallest absolute Gasteiger partial charge is 0.126 e. The van der Waals surface area contributed by atoms with Crippen LogP contribution < -0.4 is 5.32 Å². The van der Waals surface area contributed by atoms with Gasteiger partial charge in [-0.25, -0.2) is 4.39 Å². The lowest BCUT2D eigenvalue weighted by atomic mass is 9.88. The highest BCUT2D eigenvalue weighted by Gasteiger charge is 2.31. The molecule has 1 aliphatic carbocycles. The highest BCUT2D eigenvalue weighted by molar-refractivity contribution is 8.00. The van der Waals surface area contributed by atoms with Gasteiger partial charge in [0.1, 0.15) is 5.82 Å². The zero-order valence-electron chi connectivity index (χ0n) is 12.6. The van der Waals surface area contributed by atoms with Crippen LogP contribution in [0.2, 0.25) is 0 Å². The molecule has 0 saturated heterocycles. The van der Waals surface area contributed by atoms with Crippen molar-refractivity contribution in [1.29, 1.82) is 0 Å². The van der Waals surface area contributed by atoms with Gasteiger partial charge in [0, 0.05) is 17.3 Å². The minimum Gasteiger partial charge on any atom is -0.313 e. The molecule has 112 valence electrons. The molecule has 0 spiro atoms. The van der Waals surface area contributed by atoms with Crippen LogP contribution in [-0.4, -0.2) is 23.6 Å². The average Bonchev–Trinajstić information content (AvgIpc) is 2.49. The molecule has 0 aliphatic heterocycles. The lowest BCUT2D eigenvalue weighted by Crippen LogP contribution is -2.43. The Morgan fingerprint density at radius 3 is 2.60 bits per heavy atom. The lowest BCUT2D eigenvalue weighted by molar-refractivity contribution is 0.364. The maximum Gasteiger partial charge on any atom is 0.126 e. The third-order valence-electron chi connectivity index (χ3n) is 4.45. The molecule has 20 heavy (non-hydrogen) atoms. The predicted molar refractivity (Wildman–Crippen MR) is 86.9 cm³/mol. The van der Waals surface area contributed by atoms with Crippen LogP contribution in [0, 0.1) is 5.82 Å². The van der Waals surface area contributed by atoms with E-state index in [0.29, 0.717) is 10.8 Å². The van der Waals surface area contributed by atoms with Crippen molar-refractivity contribution in [2.24, 2.45) is 0 Å². The van der Waals surface area contributed by atoms with Crippen molar-refractivity contribution >= 4 is 11.8 Å². The second-order valence-electron chi connectivity index (χ2n) is 6.03. The summed E-state index contributed by atoms with van der Waals surface area (Å²) in [5.74, 6) is -0.0848. The van der Waals surface area contributed by atoms with Gasteiger partial charge < -0.3 is 5.32 Å². The van der Waals surface area contributed by atoms with Crippen LogP contribution in [0.5, 0.6) is 0 Å². The van der Waals surface area contributed by atoms with Crippen LogP contribution in [0.15, 0.2) is 24.3 Å². The van der Waals surface area contributed by atoms with E-state index in [-0.39, 0.29) is 5.82 Å². The van der Waals surface area contributed by atoms with Gasteiger partial charge in [-0.2, -0.15) is 11.8 Å². The summed E-state index contributed by atoms with van der Waals surface area (Å²) < 4.78 is 14.1. The summed E-state index contributed by atoms with van der Waals surface area (Å²) in [6, 6.07) is 7.42. The average molecular weight is 295 g/mol. The summed E-state index contributed by atoms with van der Waals surface area (Å²) in [6.45, 7) is 3.20. The van der Waals surface area contributed by atoms with E-state index >= 15 is 0 Å². The second kappa shape index (κ2) is 7.46. The Balaban J connectivity index is 1.85. The van der Waals surface area contributed by atoms with E-state index in [1.807, 2.05) is 23.9 Å². The summed E-state index contributed by atoms with van der Waals surface area (Å²) >= 11 is 2.01. The third kappa shape index (κ3) is 4.23. The first kappa shape index (κ1) is 15.8. The van der Waals surface area contributed by atoms with Gasteiger partial charge in [-0.15, -0.1) is 0 Å². The fraction of sp³-hybridized carbons (Fsp3) is 0.647. The third-order valence-corrected chi connectivity index (χ3v) is 5.87. The molecule has 0 heterocycles. The van der Waals surface area contributed by atoms with E-state index in [9.17, 15) is 4.39 Å². The van der Waals surface area contributed by atoms with Crippen LogP contribution in [0.3, 0.4) is 0 Å². The first-order valence-corrected chi connectivity index (χ1v) is 8.90. The van der Waals surface area contributed by atoms with E-state index in [2.05, 4.69) is 18.5 Å². The molecule has 0 aromatic heterocycles. The molecule has 1 nitrogen and oxygen atoms in total.